The van der Waals surface area contributed by atoms with Crippen LogP contribution in [0.5, 0.6) is 0 Å². The minimum Gasteiger partial charge on any atom is -0.176 e. The van der Waals surface area contributed by atoms with Gasteiger partial charge in [0, 0.05) is 5.25 Å². The molecule has 0 aromatic carbocycles. The van der Waals surface area contributed by atoms with Crippen molar-refractivity contribution in [3.63, 3.8) is 0 Å². The van der Waals surface area contributed by atoms with Crippen LogP contribution in [0.1, 0.15) is 39.5 Å². The first-order valence-corrected chi connectivity index (χ1v) is 5.88. The van der Waals surface area contributed by atoms with Crippen molar-refractivity contribution < 1.29 is 0 Å². The summed E-state index contributed by atoms with van der Waals surface area (Å²) in [5, 5.41) is 0.626. The van der Waals surface area contributed by atoms with E-state index in [1.54, 1.807) is 0 Å². The minimum absolute atomic E-state index is 0.626. The third-order valence-electron chi connectivity index (χ3n) is 4.29. The van der Waals surface area contributed by atoms with Crippen molar-refractivity contribution in [1.82, 2.24) is 0 Å². The van der Waals surface area contributed by atoms with Crippen LogP contribution < -0.4 is 0 Å². The van der Waals surface area contributed by atoms with Gasteiger partial charge in [0.1, 0.15) is 0 Å². The van der Waals surface area contributed by atoms with Crippen LogP contribution in [0.15, 0.2) is 0 Å². The topological polar surface area (TPSA) is 0 Å². The molecule has 0 heterocycles. The van der Waals surface area contributed by atoms with Gasteiger partial charge in [0.15, 0.2) is 0 Å². The van der Waals surface area contributed by atoms with Crippen LogP contribution in [0, 0.1) is 23.7 Å². The molecule has 12 heavy (non-hydrogen) atoms. The normalized spacial score (nSPS) is 49.2. The van der Waals surface area contributed by atoms with Gasteiger partial charge in [0.05, 0.1) is 0 Å². The summed E-state index contributed by atoms with van der Waals surface area (Å²) in [6, 6.07) is 0. The first-order valence-electron chi connectivity index (χ1n) is 5.36. The summed E-state index contributed by atoms with van der Waals surface area (Å²) in [6.45, 7) is 4.73. The fraction of sp³-hybridized carbons (Fsp3) is 1.00. The maximum absolute atomic E-state index is 4.58. The molecule has 0 saturated heterocycles. The van der Waals surface area contributed by atoms with Gasteiger partial charge in [-0.15, -0.1) is 0 Å². The van der Waals surface area contributed by atoms with Gasteiger partial charge >= 0.3 is 0 Å². The Balaban J connectivity index is 2.02. The molecule has 70 valence electrons. The van der Waals surface area contributed by atoms with Crippen molar-refractivity contribution in [3.8, 4) is 0 Å². The summed E-state index contributed by atoms with van der Waals surface area (Å²) in [5.41, 5.74) is 0. The van der Waals surface area contributed by atoms with E-state index < -0.39 is 0 Å². The van der Waals surface area contributed by atoms with E-state index >= 15 is 0 Å². The molecule has 0 aromatic rings. The Morgan fingerprint density at radius 1 is 1.17 bits per heavy atom. The molecule has 0 radical (unpaired) electrons. The standard InChI is InChI=1S/C11H20S/c1-7-9-3-4-10(7)6-11(5-9)8(2)12/h7-12H,3-6H2,1-2H3. The van der Waals surface area contributed by atoms with Gasteiger partial charge < -0.3 is 0 Å². The Morgan fingerprint density at radius 2 is 1.67 bits per heavy atom. The van der Waals surface area contributed by atoms with Gasteiger partial charge in [-0.2, -0.15) is 12.6 Å². The van der Waals surface area contributed by atoms with E-state index in [0.29, 0.717) is 5.25 Å². The van der Waals surface area contributed by atoms with Crippen molar-refractivity contribution >= 4 is 12.6 Å². The molecular weight excluding hydrogens is 164 g/mol. The molecule has 2 aliphatic rings. The molecule has 0 spiro atoms. The van der Waals surface area contributed by atoms with Crippen LogP contribution in [0.2, 0.25) is 0 Å². The van der Waals surface area contributed by atoms with Crippen molar-refractivity contribution in [3.05, 3.63) is 0 Å². The lowest BCUT2D eigenvalue weighted by Gasteiger charge is -2.34. The minimum atomic E-state index is 0.626. The molecule has 3 unspecified atom stereocenters. The first-order chi connectivity index (χ1) is 5.68. The Labute approximate surface area is 81.5 Å². The Hall–Kier alpha value is 0.350. The molecule has 2 fully saturated rings. The van der Waals surface area contributed by atoms with Crippen LogP contribution in [-0.2, 0) is 0 Å². The zero-order chi connectivity index (χ0) is 8.72. The van der Waals surface area contributed by atoms with Crippen molar-refractivity contribution in [2.24, 2.45) is 23.7 Å². The quantitative estimate of drug-likeness (QED) is 0.593. The predicted molar refractivity (Wildman–Crippen MR) is 56.6 cm³/mol. The average molecular weight is 184 g/mol. The number of hydrogen-bond acceptors (Lipinski definition) is 1. The third-order valence-corrected chi connectivity index (χ3v) is 4.71. The first kappa shape index (κ1) is 8.93. The Kier molecular flexibility index (Phi) is 2.42. The molecule has 0 amide bonds. The zero-order valence-electron chi connectivity index (χ0n) is 8.16. The molecule has 0 aromatic heterocycles. The third kappa shape index (κ3) is 1.41. The van der Waals surface area contributed by atoms with Crippen LogP contribution in [0.25, 0.3) is 0 Å². The lowest BCUT2D eigenvalue weighted by Crippen LogP contribution is -2.27. The van der Waals surface area contributed by atoms with Gasteiger partial charge in [-0.05, 0) is 49.4 Å². The molecule has 2 saturated carbocycles. The SMILES string of the molecule is CC(S)C1CC2CCC(C1)C2C. The highest BCUT2D eigenvalue weighted by Gasteiger charge is 2.40. The van der Waals surface area contributed by atoms with Gasteiger partial charge in [0.2, 0.25) is 0 Å². The molecule has 0 nitrogen and oxygen atoms in total. The summed E-state index contributed by atoms with van der Waals surface area (Å²) in [5.74, 6) is 4.03. The highest BCUT2D eigenvalue weighted by molar-refractivity contribution is 7.80. The second-order valence-electron chi connectivity index (χ2n) is 4.93. The van der Waals surface area contributed by atoms with Gasteiger partial charge in [-0.25, -0.2) is 0 Å². The number of hydrogen-bond donors (Lipinski definition) is 1. The van der Waals surface area contributed by atoms with Crippen molar-refractivity contribution in [2.45, 2.75) is 44.8 Å². The van der Waals surface area contributed by atoms with Crippen LogP contribution in [-0.4, -0.2) is 5.25 Å². The Bertz CT molecular complexity index is 150. The average Bonchev–Trinajstić information content (AvgIpc) is 2.30. The number of fused-ring (bicyclic) bond motifs is 2. The second-order valence-corrected chi connectivity index (χ2v) is 5.74. The van der Waals surface area contributed by atoms with Gasteiger partial charge in [-0.1, -0.05) is 13.8 Å². The van der Waals surface area contributed by atoms with E-state index in [-0.39, 0.29) is 0 Å². The van der Waals surface area contributed by atoms with Gasteiger partial charge in [0.25, 0.3) is 0 Å². The van der Waals surface area contributed by atoms with Crippen molar-refractivity contribution in [1.29, 1.82) is 0 Å². The predicted octanol–water partition coefficient (Wildman–Crippen LogP) is 3.38. The summed E-state index contributed by atoms with van der Waals surface area (Å²) in [6.07, 6.45) is 5.93. The van der Waals surface area contributed by atoms with Crippen LogP contribution in [0.4, 0.5) is 0 Å². The molecule has 2 bridgehead atoms. The number of thiol groups is 1. The molecule has 2 aliphatic carbocycles. The molecule has 2 rings (SSSR count). The molecule has 1 heteroatoms. The molecular formula is C11H20S. The fourth-order valence-electron chi connectivity index (χ4n) is 3.27. The lowest BCUT2D eigenvalue weighted by molar-refractivity contribution is 0.184. The van der Waals surface area contributed by atoms with E-state index in [1.165, 1.54) is 25.7 Å². The monoisotopic (exact) mass is 184 g/mol. The van der Waals surface area contributed by atoms with Gasteiger partial charge in [-0.3, -0.25) is 0 Å². The largest absolute Gasteiger partial charge is 0.176 e. The van der Waals surface area contributed by atoms with E-state index in [9.17, 15) is 0 Å². The Morgan fingerprint density at radius 3 is 2.08 bits per heavy atom. The number of rotatable bonds is 1. The highest BCUT2D eigenvalue weighted by Crippen LogP contribution is 2.49. The second kappa shape index (κ2) is 3.25. The molecule has 0 N–H and O–H groups in total. The molecule has 3 atom stereocenters. The maximum Gasteiger partial charge on any atom is 0.00169 e. The zero-order valence-corrected chi connectivity index (χ0v) is 9.06. The summed E-state index contributed by atoms with van der Waals surface area (Å²) in [4.78, 5) is 0. The highest BCUT2D eigenvalue weighted by atomic mass is 32.1. The van der Waals surface area contributed by atoms with Crippen LogP contribution >= 0.6 is 12.6 Å². The van der Waals surface area contributed by atoms with Crippen LogP contribution in [0.3, 0.4) is 0 Å². The van der Waals surface area contributed by atoms with E-state index in [4.69, 9.17) is 0 Å². The maximum atomic E-state index is 4.58. The summed E-state index contributed by atoms with van der Waals surface area (Å²) < 4.78 is 0. The van der Waals surface area contributed by atoms with Crippen molar-refractivity contribution in [2.75, 3.05) is 0 Å². The van der Waals surface area contributed by atoms with E-state index in [1.807, 2.05) is 0 Å². The van der Waals surface area contributed by atoms with E-state index in [2.05, 4.69) is 26.5 Å². The summed E-state index contributed by atoms with van der Waals surface area (Å²) >= 11 is 4.58. The fourth-order valence-corrected chi connectivity index (χ4v) is 3.52. The molecule has 0 aliphatic heterocycles. The smallest absolute Gasteiger partial charge is 0.00169 e. The van der Waals surface area contributed by atoms with E-state index in [0.717, 1.165) is 23.7 Å². The summed E-state index contributed by atoms with van der Waals surface area (Å²) in [7, 11) is 0. The lowest BCUT2D eigenvalue weighted by atomic mass is 9.73.